The van der Waals surface area contributed by atoms with Gasteiger partial charge in [-0.15, -0.1) is 0 Å². The Morgan fingerprint density at radius 2 is 1.81 bits per heavy atom. The Kier molecular flexibility index (Phi) is 2.71. The van der Waals surface area contributed by atoms with Crippen molar-refractivity contribution in [2.75, 3.05) is 0 Å². The molecule has 1 aromatic rings. The summed E-state index contributed by atoms with van der Waals surface area (Å²) < 4.78 is 0. The van der Waals surface area contributed by atoms with Gasteiger partial charge >= 0.3 is 0 Å². The monoisotopic (exact) mass is 270 g/mol. The topological polar surface area (TPSA) is 0 Å². The van der Waals surface area contributed by atoms with E-state index in [2.05, 4.69) is 80.6 Å². The number of benzene rings is 1. The molecule has 3 aliphatic rings. The maximum Gasteiger partial charge on any atom is 0.0284 e. The lowest BCUT2D eigenvalue weighted by Gasteiger charge is -2.23. The third-order valence-electron chi connectivity index (χ3n) is 4.50. The van der Waals surface area contributed by atoms with Crippen molar-refractivity contribution in [2.45, 2.75) is 13.8 Å². The van der Waals surface area contributed by atoms with Gasteiger partial charge < -0.3 is 0 Å². The summed E-state index contributed by atoms with van der Waals surface area (Å²) in [6.07, 6.45) is 15.8. The smallest absolute Gasteiger partial charge is 0.0284 e. The molecule has 1 aromatic carbocycles. The van der Waals surface area contributed by atoms with Crippen molar-refractivity contribution in [3.8, 4) is 0 Å². The zero-order chi connectivity index (χ0) is 14.4. The predicted molar refractivity (Wildman–Crippen MR) is 90.6 cm³/mol. The highest BCUT2D eigenvalue weighted by Crippen LogP contribution is 2.46. The first-order valence-electron chi connectivity index (χ1n) is 7.51. The van der Waals surface area contributed by atoms with Gasteiger partial charge in [-0.05, 0) is 53.3 Å². The second-order valence-electron chi connectivity index (χ2n) is 6.02. The van der Waals surface area contributed by atoms with E-state index < -0.39 is 0 Å². The summed E-state index contributed by atoms with van der Waals surface area (Å²) in [7, 11) is 0. The van der Waals surface area contributed by atoms with Gasteiger partial charge in [0, 0.05) is 5.92 Å². The Balaban J connectivity index is 1.81. The number of allylic oxidation sites excluding steroid dienone is 11. The number of rotatable bonds is 1. The summed E-state index contributed by atoms with van der Waals surface area (Å²) >= 11 is 0. The Bertz CT molecular complexity index is 800. The van der Waals surface area contributed by atoms with Crippen molar-refractivity contribution < 1.29 is 0 Å². The van der Waals surface area contributed by atoms with Crippen LogP contribution in [0.3, 0.4) is 0 Å². The highest BCUT2D eigenvalue weighted by molar-refractivity contribution is 5.97. The second kappa shape index (κ2) is 4.60. The van der Waals surface area contributed by atoms with Gasteiger partial charge in [0.2, 0.25) is 0 Å². The molecule has 102 valence electrons. The predicted octanol–water partition coefficient (Wildman–Crippen LogP) is 5.49. The van der Waals surface area contributed by atoms with Crippen LogP contribution in [0.25, 0.3) is 11.6 Å². The summed E-state index contributed by atoms with van der Waals surface area (Å²) in [5.74, 6) is 0.372. The minimum absolute atomic E-state index is 0.372. The fraction of sp³-hybridized carbons (Fsp3) is 0.143. The molecule has 0 heteroatoms. The van der Waals surface area contributed by atoms with E-state index in [-0.39, 0.29) is 0 Å². The SMILES string of the molecule is CC(C)=C1C=CC=C1C1C=CC=C2C1=Cc1ccccc12. The maximum absolute atomic E-state index is 2.36. The summed E-state index contributed by atoms with van der Waals surface area (Å²) in [4.78, 5) is 0. The molecule has 0 aliphatic heterocycles. The number of hydrogen-bond acceptors (Lipinski definition) is 0. The molecule has 0 heterocycles. The molecule has 0 bridgehead atoms. The van der Waals surface area contributed by atoms with Crippen molar-refractivity contribution in [3.63, 3.8) is 0 Å². The Morgan fingerprint density at radius 1 is 0.952 bits per heavy atom. The first-order chi connectivity index (χ1) is 10.3. The van der Waals surface area contributed by atoms with Crippen LogP contribution < -0.4 is 0 Å². The Labute approximate surface area is 126 Å². The van der Waals surface area contributed by atoms with Crippen LogP contribution in [0, 0.1) is 5.92 Å². The third-order valence-corrected chi connectivity index (χ3v) is 4.50. The molecule has 0 aromatic heterocycles. The third kappa shape index (κ3) is 1.83. The molecule has 0 saturated heterocycles. The molecule has 1 unspecified atom stereocenters. The fourth-order valence-corrected chi connectivity index (χ4v) is 3.51. The van der Waals surface area contributed by atoms with Crippen LogP contribution in [-0.4, -0.2) is 0 Å². The van der Waals surface area contributed by atoms with Crippen molar-refractivity contribution in [1.29, 1.82) is 0 Å². The summed E-state index contributed by atoms with van der Waals surface area (Å²) in [6.45, 7) is 4.39. The lowest BCUT2D eigenvalue weighted by molar-refractivity contribution is 0.948. The largest absolute Gasteiger partial charge is 0.0726 e. The van der Waals surface area contributed by atoms with E-state index in [1.54, 1.807) is 0 Å². The zero-order valence-electron chi connectivity index (χ0n) is 12.4. The van der Waals surface area contributed by atoms with E-state index >= 15 is 0 Å². The van der Waals surface area contributed by atoms with E-state index in [1.165, 1.54) is 39.0 Å². The average molecular weight is 270 g/mol. The van der Waals surface area contributed by atoms with Crippen LogP contribution in [0.2, 0.25) is 0 Å². The van der Waals surface area contributed by atoms with Crippen molar-refractivity contribution in [3.05, 3.63) is 94.1 Å². The van der Waals surface area contributed by atoms with Gasteiger partial charge in [0.15, 0.2) is 0 Å². The molecule has 21 heavy (non-hydrogen) atoms. The highest BCUT2D eigenvalue weighted by atomic mass is 14.3. The molecule has 3 aliphatic carbocycles. The number of fused-ring (bicyclic) bond motifs is 3. The second-order valence-corrected chi connectivity index (χ2v) is 6.02. The minimum atomic E-state index is 0.372. The Morgan fingerprint density at radius 3 is 2.67 bits per heavy atom. The molecule has 4 rings (SSSR count). The Hall–Kier alpha value is -2.34. The van der Waals surface area contributed by atoms with Gasteiger partial charge in [-0.1, -0.05) is 66.3 Å². The summed E-state index contributed by atoms with van der Waals surface area (Å²) in [6, 6.07) is 8.68. The highest BCUT2D eigenvalue weighted by Gasteiger charge is 2.29. The lowest BCUT2D eigenvalue weighted by Crippen LogP contribution is -2.08. The fourth-order valence-electron chi connectivity index (χ4n) is 3.51. The van der Waals surface area contributed by atoms with E-state index in [0.717, 1.165) is 0 Å². The van der Waals surface area contributed by atoms with Crippen molar-refractivity contribution >= 4 is 11.6 Å². The summed E-state index contributed by atoms with van der Waals surface area (Å²) in [5, 5.41) is 0. The van der Waals surface area contributed by atoms with Gasteiger partial charge in [-0.25, -0.2) is 0 Å². The minimum Gasteiger partial charge on any atom is -0.0726 e. The van der Waals surface area contributed by atoms with Crippen LogP contribution in [0.5, 0.6) is 0 Å². The lowest BCUT2D eigenvalue weighted by atomic mass is 9.81. The molecule has 0 N–H and O–H groups in total. The molecule has 0 fully saturated rings. The van der Waals surface area contributed by atoms with E-state index in [0.29, 0.717) is 5.92 Å². The van der Waals surface area contributed by atoms with E-state index in [1.807, 2.05) is 0 Å². The first kappa shape index (κ1) is 12.4. The average Bonchev–Trinajstić information content (AvgIpc) is 3.11. The van der Waals surface area contributed by atoms with Gasteiger partial charge in [-0.3, -0.25) is 0 Å². The number of hydrogen-bond donors (Lipinski definition) is 0. The normalized spacial score (nSPS) is 21.7. The molecule has 0 amide bonds. The van der Waals surface area contributed by atoms with Crippen LogP contribution in [0.15, 0.2) is 83.0 Å². The van der Waals surface area contributed by atoms with Crippen LogP contribution in [0.1, 0.15) is 25.0 Å². The zero-order valence-corrected chi connectivity index (χ0v) is 12.4. The molecule has 0 nitrogen and oxygen atoms in total. The van der Waals surface area contributed by atoms with Gasteiger partial charge in [-0.2, -0.15) is 0 Å². The van der Waals surface area contributed by atoms with Gasteiger partial charge in [0.05, 0.1) is 0 Å². The molecule has 0 spiro atoms. The molecular formula is C21H18. The molecular weight excluding hydrogens is 252 g/mol. The van der Waals surface area contributed by atoms with E-state index in [9.17, 15) is 0 Å². The van der Waals surface area contributed by atoms with Crippen molar-refractivity contribution in [2.24, 2.45) is 5.92 Å². The van der Waals surface area contributed by atoms with Crippen LogP contribution in [-0.2, 0) is 0 Å². The standard InChI is InChI=1S/C21H18/c1-14(2)16-9-5-10-18(16)20-12-6-11-19-17-8-4-3-7-15(17)13-21(19)20/h3-13,20H,1-2H3. The van der Waals surface area contributed by atoms with Gasteiger partial charge in [0.1, 0.15) is 0 Å². The van der Waals surface area contributed by atoms with Crippen LogP contribution >= 0.6 is 0 Å². The molecule has 0 radical (unpaired) electrons. The van der Waals surface area contributed by atoms with Gasteiger partial charge in [0.25, 0.3) is 0 Å². The maximum atomic E-state index is 2.36. The van der Waals surface area contributed by atoms with Crippen LogP contribution in [0.4, 0.5) is 0 Å². The molecule has 0 saturated carbocycles. The van der Waals surface area contributed by atoms with Crippen molar-refractivity contribution in [1.82, 2.24) is 0 Å². The summed E-state index contributed by atoms with van der Waals surface area (Å²) in [5.41, 5.74) is 9.74. The molecule has 1 atom stereocenters. The first-order valence-corrected chi connectivity index (χ1v) is 7.51. The quantitative estimate of drug-likeness (QED) is 0.633. The van der Waals surface area contributed by atoms with E-state index in [4.69, 9.17) is 0 Å².